The van der Waals surface area contributed by atoms with E-state index in [-0.39, 0.29) is 17.5 Å². The molecule has 1 atom stereocenters. The molecular formula is C22H33FN4O2S. The Kier molecular flexibility index (Phi) is 7.31. The van der Waals surface area contributed by atoms with E-state index in [1.54, 1.807) is 42.8 Å². The van der Waals surface area contributed by atoms with E-state index >= 15 is 0 Å². The van der Waals surface area contributed by atoms with E-state index < -0.39 is 15.1 Å². The maximum atomic E-state index is 14.3. The number of likely N-dealkylation sites (N-methyl/N-ethyl adjacent to an activating group) is 1. The van der Waals surface area contributed by atoms with E-state index in [9.17, 15) is 12.8 Å². The molecule has 0 N–H and O–H groups in total. The van der Waals surface area contributed by atoms with Gasteiger partial charge in [0, 0.05) is 31.2 Å². The summed E-state index contributed by atoms with van der Waals surface area (Å²) in [6.45, 7) is 12.4. The molecule has 0 aliphatic carbocycles. The number of rotatable bonds is 9. The lowest BCUT2D eigenvalue weighted by Crippen LogP contribution is -2.37. The molecule has 30 heavy (non-hydrogen) atoms. The van der Waals surface area contributed by atoms with Crippen molar-refractivity contribution in [1.82, 2.24) is 19.4 Å². The molecular weight excluding hydrogens is 403 g/mol. The number of sulfone groups is 1. The fraction of sp³-hybridized carbons (Fsp3) is 0.591. The Balaban J connectivity index is 1.90. The van der Waals surface area contributed by atoms with Crippen molar-refractivity contribution in [2.24, 2.45) is 0 Å². The SMILES string of the molecule is CCN(CC)C1CCN(Cc2cnc(S(=O)(=O)C(C)C)n2Cc2ccccc2F)C1. The first kappa shape index (κ1) is 22.9. The Morgan fingerprint density at radius 3 is 2.53 bits per heavy atom. The van der Waals surface area contributed by atoms with Gasteiger partial charge in [0.25, 0.3) is 0 Å². The van der Waals surface area contributed by atoms with Crippen molar-refractivity contribution in [3.8, 4) is 0 Å². The van der Waals surface area contributed by atoms with Gasteiger partial charge in [-0.15, -0.1) is 0 Å². The van der Waals surface area contributed by atoms with E-state index in [0.29, 0.717) is 18.2 Å². The van der Waals surface area contributed by atoms with Gasteiger partial charge in [0.15, 0.2) is 0 Å². The van der Waals surface area contributed by atoms with Gasteiger partial charge in [-0.25, -0.2) is 17.8 Å². The average Bonchev–Trinajstić information content (AvgIpc) is 3.33. The van der Waals surface area contributed by atoms with Crippen LogP contribution in [-0.4, -0.2) is 65.2 Å². The fourth-order valence-electron chi connectivity index (χ4n) is 4.15. The second kappa shape index (κ2) is 9.58. The summed E-state index contributed by atoms with van der Waals surface area (Å²) in [5, 5.41) is -0.568. The van der Waals surface area contributed by atoms with Crippen LogP contribution in [0.1, 0.15) is 45.4 Å². The first-order valence-electron chi connectivity index (χ1n) is 10.8. The van der Waals surface area contributed by atoms with Crippen molar-refractivity contribution in [2.45, 2.75) is 63.7 Å². The number of aromatic nitrogens is 2. The number of nitrogens with zero attached hydrogens (tertiary/aromatic N) is 4. The minimum absolute atomic E-state index is 0.0234. The van der Waals surface area contributed by atoms with Crippen LogP contribution in [0, 0.1) is 5.82 Å². The highest BCUT2D eigenvalue weighted by atomic mass is 32.2. The second-order valence-electron chi connectivity index (χ2n) is 8.20. The topological polar surface area (TPSA) is 58.4 Å². The largest absolute Gasteiger partial charge is 0.313 e. The third-order valence-electron chi connectivity index (χ3n) is 6.02. The van der Waals surface area contributed by atoms with Crippen LogP contribution in [0.25, 0.3) is 0 Å². The highest BCUT2D eigenvalue weighted by Crippen LogP contribution is 2.23. The number of halogens is 1. The molecule has 1 aliphatic rings. The molecule has 6 nitrogen and oxygen atoms in total. The van der Waals surface area contributed by atoms with Gasteiger partial charge in [-0.2, -0.15) is 0 Å². The summed E-state index contributed by atoms with van der Waals surface area (Å²) in [5.41, 5.74) is 1.26. The van der Waals surface area contributed by atoms with E-state index in [1.165, 1.54) is 6.07 Å². The van der Waals surface area contributed by atoms with Crippen LogP contribution in [0.4, 0.5) is 4.39 Å². The van der Waals surface area contributed by atoms with Crippen LogP contribution in [0.2, 0.25) is 0 Å². The molecule has 8 heteroatoms. The van der Waals surface area contributed by atoms with Gasteiger partial charge < -0.3 is 4.57 Å². The number of imidazole rings is 1. The van der Waals surface area contributed by atoms with E-state index in [0.717, 1.165) is 38.3 Å². The summed E-state index contributed by atoms with van der Waals surface area (Å²) in [7, 11) is -3.58. The summed E-state index contributed by atoms with van der Waals surface area (Å²) in [6, 6.07) is 7.01. The molecule has 2 aromatic rings. The molecule has 1 aliphatic heterocycles. The Hall–Kier alpha value is -1.77. The third-order valence-corrected chi connectivity index (χ3v) is 8.10. The molecule has 1 fully saturated rings. The fourth-order valence-corrected chi connectivity index (χ4v) is 5.26. The Bertz CT molecular complexity index is 954. The lowest BCUT2D eigenvalue weighted by Gasteiger charge is -2.26. The van der Waals surface area contributed by atoms with Crippen molar-refractivity contribution >= 4 is 9.84 Å². The van der Waals surface area contributed by atoms with Crippen LogP contribution in [0.3, 0.4) is 0 Å². The van der Waals surface area contributed by atoms with Crippen LogP contribution in [0.15, 0.2) is 35.6 Å². The third kappa shape index (κ3) is 4.76. The van der Waals surface area contributed by atoms with Gasteiger partial charge in [-0.05, 0) is 39.4 Å². The minimum Gasteiger partial charge on any atom is -0.313 e. The normalized spacial score (nSPS) is 18.0. The van der Waals surface area contributed by atoms with E-state index in [4.69, 9.17) is 0 Å². The maximum absolute atomic E-state index is 14.3. The molecule has 0 bridgehead atoms. The molecule has 0 saturated carbocycles. The summed E-state index contributed by atoms with van der Waals surface area (Å²) >= 11 is 0. The van der Waals surface area contributed by atoms with Crippen LogP contribution >= 0.6 is 0 Å². The standard InChI is InChI=1S/C22H33FN4O2S/c1-5-26(6-2)19-11-12-25(15-19)16-20-13-24-22(30(28,29)17(3)4)27(20)14-18-9-7-8-10-21(18)23/h7-10,13,17,19H,5-6,11-12,14-16H2,1-4H3. The summed E-state index contributed by atoms with van der Waals surface area (Å²) in [4.78, 5) is 9.08. The maximum Gasteiger partial charge on any atom is 0.228 e. The van der Waals surface area contributed by atoms with Gasteiger partial charge in [0.1, 0.15) is 5.82 Å². The minimum atomic E-state index is -3.58. The van der Waals surface area contributed by atoms with Crippen LogP contribution < -0.4 is 0 Å². The zero-order valence-electron chi connectivity index (χ0n) is 18.4. The Morgan fingerprint density at radius 2 is 1.90 bits per heavy atom. The number of hydrogen-bond donors (Lipinski definition) is 0. The lowest BCUT2D eigenvalue weighted by molar-refractivity contribution is 0.208. The Labute approximate surface area is 179 Å². The first-order chi connectivity index (χ1) is 14.3. The van der Waals surface area contributed by atoms with Crippen molar-refractivity contribution < 1.29 is 12.8 Å². The molecule has 1 saturated heterocycles. The monoisotopic (exact) mass is 436 g/mol. The predicted octanol–water partition coefficient (Wildman–Crippen LogP) is 3.17. The summed E-state index contributed by atoms with van der Waals surface area (Å²) in [6.07, 6.45) is 2.74. The van der Waals surface area contributed by atoms with Crippen LogP contribution in [-0.2, 0) is 22.9 Å². The van der Waals surface area contributed by atoms with Crippen molar-refractivity contribution in [2.75, 3.05) is 26.2 Å². The molecule has 0 radical (unpaired) electrons. The molecule has 0 spiro atoms. The zero-order chi connectivity index (χ0) is 21.9. The average molecular weight is 437 g/mol. The highest BCUT2D eigenvalue weighted by molar-refractivity contribution is 7.91. The first-order valence-corrected chi connectivity index (χ1v) is 12.3. The van der Waals surface area contributed by atoms with E-state index in [1.807, 2.05) is 0 Å². The number of benzene rings is 1. The van der Waals surface area contributed by atoms with Crippen molar-refractivity contribution in [3.63, 3.8) is 0 Å². The van der Waals surface area contributed by atoms with Crippen molar-refractivity contribution in [3.05, 3.63) is 47.5 Å². The molecule has 1 aromatic carbocycles. The van der Waals surface area contributed by atoms with E-state index in [2.05, 4.69) is 28.6 Å². The smallest absolute Gasteiger partial charge is 0.228 e. The predicted molar refractivity (Wildman–Crippen MR) is 117 cm³/mol. The quantitative estimate of drug-likeness (QED) is 0.604. The summed E-state index contributed by atoms with van der Waals surface area (Å²) < 4.78 is 41.8. The molecule has 1 aromatic heterocycles. The second-order valence-corrected chi connectivity index (χ2v) is 10.6. The summed E-state index contributed by atoms with van der Waals surface area (Å²) in [5.74, 6) is -0.340. The lowest BCUT2D eigenvalue weighted by atomic mass is 10.2. The van der Waals surface area contributed by atoms with Crippen LogP contribution in [0.5, 0.6) is 0 Å². The van der Waals surface area contributed by atoms with Gasteiger partial charge in [-0.1, -0.05) is 32.0 Å². The van der Waals surface area contributed by atoms with Gasteiger partial charge in [0.2, 0.25) is 15.0 Å². The molecule has 3 rings (SSSR count). The molecule has 2 heterocycles. The number of likely N-dealkylation sites (tertiary alicyclic amines) is 1. The highest BCUT2D eigenvalue weighted by Gasteiger charge is 2.30. The van der Waals surface area contributed by atoms with Gasteiger partial charge >= 0.3 is 0 Å². The Morgan fingerprint density at radius 1 is 1.20 bits per heavy atom. The van der Waals surface area contributed by atoms with Crippen molar-refractivity contribution in [1.29, 1.82) is 0 Å². The van der Waals surface area contributed by atoms with Gasteiger partial charge in [-0.3, -0.25) is 9.80 Å². The zero-order valence-corrected chi connectivity index (χ0v) is 19.2. The number of hydrogen-bond acceptors (Lipinski definition) is 5. The van der Waals surface area contributed by atoms with Gasteiger partial charge in [0.05, 0.1) is 23.7 Å². The molecule has 166 valence electrons. The molecule has 1 unspecified atom stereocenters. The molecule has 0 amide bonds.